The van der Waals surface area contributed by atoms with Gasteiger partial charge in [-0.1, -0.05) is 12.6 Å². The van der Waals surface area contributed by atoms with Crippen LogP contribution in [0, 0.1) is 16.2 Å². The monoisotopic (exact) mass is 226 g/mol. The van der Waals surface area contributed by atoms with Crippen molar-refractivity contribution in [2.24, 2.45) is 0 Å². The van der Waals surface area contributed by atoms with E-state index in [1.807, 2.05) is 0 Å². The molecule has 1 radical (unpaired) electrons. The maximum absolute atomic E-state index is 10.5. The summed E-state index contributed by atoms with van der Waals surface area (Å²) in [5.74, 6) is 0. The normalized spacial score (nSPS) is 9.42. The molecule has 0 bridgehead atoms. The van der Waals surface area contributed by atoms with Crippen LogP contribution >= 0.6 is 15.9 Å². The zero-order valence-corrected chi connectivity index (χ0v) is 7.67. The number of rotatable bonds is 2. The summed E-state index contributed by atoms with van der Waals surface area (Å²) in [4.78, 5) is 10.0. The number of benzene rings is 1. The molecular formula is C8H5BrNO2. The van der Waals surface area contributed by atoms with E-state index in [-0.39, 0.29) is 5.69 Å². The van der Waals surface area contributed by atoms with Gasteiger partial charge in [0.05, 0.1) is 15.0 Å². The lowest BCUT2D eigenvalue weighted by Crippen LogP contribution is -1.92. The number of nitro groups is 1. The van der Waals surface area contributed by atoms with Crippen LogP contribution in [0.4, 0.5) is 5.69 Å². The van der Waals surface area contributed by atoms with E-state index in [1.54, 1.807) is 18.2 Å². The number of halogens is 1. The van der Waals surface area contributed by atoms with Crippen LogP contribution in [0.3, 0.4) is 0 Å². The van der Waals surface area contributed by atoms with Gasteiger partial charge in [-0.2, -0.15) is 0 Å². The molecule has 0 aliphatic rings. The average Bonchev–Trinajstić information content (AvgIpc) is 2.03. The molecule has 1 aromatic carbocycles. The second-order valence-electron chi connectivity index (χ2n) is 2.07. The minimum Gasteiger partial charge on any atom is -0.258 e. The summed E-state index contributed by atoms with van der Waals surface area (Å²) in [5, 5.41) is 10.5. The Labute approximate surface area is 78.0 Å². The molecule has 12 heavy (non-hydrogen) atoms. The molecule has 0 amide bonds. The van der Waals surface area contributed by atoms with E-state index in [0.29, 0.717) is 10.0 Å². The molecule has 0 saturated heterocycles. The summed E-state index contributed by atoms with van der Waals surface area (Å²) in [6.45, 7) is 3.36. The zero-order chi connectivity index (χ0) is 9.14. The van der Waals surface area contributed by atoms with E-state index in [0.717, 1.165) is 0 Å². The van der Waals surface area contributed by atoms with Crippen LogP contribution in [0.15, 0.2) is 29.3 Å². The summed E-state index contributed by atoms with van der Waals surface area (Å²) in [6, 6.07) is 4.90. The van der Waals surface area contributed by atoms with Gasteiger partial charge in [0.25, 0.3) is 5.69 Å². The molecule has 0 heterocycles. The van der Waals surface area contributed by atoms with Crippen LogP contribution in [0.25, 0.3) is 0 Å². The number of para-hydroxylation sites is 1. The van der Waals surface area contributed by atoms with Crippen molar-refractivity contribution in [1.29, 1.82) is 0 Å². The second-order valence-corrected chi connectivity index (χ2v) is 2.92. The largest absolute Gasteiger partial charge is 0.291 e. The molecule has 0 aromatic heterocycles. The molecule has 0 unspecified atom stereocenters. The second kappa shape index (κ2) is 3.49. The lowest BCUT2D eigenvalue weighted by atomic mass is 10.2. The van der Waals surface area contributed by atoms with Gasteiger partial charge in [0, 0.05) is 0 Å². The number of nitrogens with zero attached hydrogens (tertiary/aromatic N) is 1. The Morgan fingerprint density at radius 2 is 2.25 bits per heavy atom. The smallest absolute Gasteiger partial charge is 0.258 e. The van der Waals surface area contributed by atoms with Crippen LogP contribution in [-0.2, 0) is 0 Å². The highest BCUT2D eigenvalue weighted by molar-refractivity contribution is 9.10. The highest BCUT2D eigenvalue weighted by atomic mass is 79.9. The summed E-state index contributed by atoms with van der Waals surface area (Å²) in [6.07, 6.45) is 2.50. The van der Waals surface area contributed by atoms with Crippen molar-refractivity contribution in [2.75, 3.05) is 0 Å². The Balaban J connectivity index is 3.39. The fourth-order valence-corrected chi connectivity index (χ4v) is 1.35. The first kappa shape index (κ1) is 8.93. The van der Waals surface area contributed by atoms with Crippen molar-refractivity contribution in [3.05, 3.63) is 51.0 Å². The SMILES string of the molecule is C=[C]c1cccc(Br)c1[N+](=O)[O-]. The number of hydrogen-bond donors (Lipinski definition) is 0. The van der Waals surface area contributed by atoms with Crippen LogP contribution in [0.2, 0.25) is 0 Å². The molecule has 4 heteroatoms. The first-order chi connectivity index (χ1) is 5.66. The lowest BCUT2D eigenvalue weighted by Gasteiger charge is -1.97. The molecule has 0 aliphatic carbocycles. The quantitative estimate of drug-likeness (QED) is 0.575. The van der Waals surface area contributed by atoms with Gasteiger partial charge in [-0.25, -0.2) is 0 Å². The first-order valence-corrected chi connectivity index (χ1v) is 3.92. The molecule has 61 valence electrons. The van der Waals surface area contributed by atoms with Crippen molar-refractivity contribution < 1.29 is 4.92 Å². The Morgan fingerprint density at radius 3 is 2.67 bits per heavy atom. The van der Waals surface area contributed by atoms with Crippen molar-refractivity contribution in [1.82, 2.24) is 0 Å². The van der Waals surface area contributed by atoms with Gasteiger partial charge < -0.3 is 0 Å². The van der Waals surface area contributed by atoms with Crippen molar-refractivity contribution in [3.8, 4) is 0 Å². The Hall–Kier alpha value is -1.16. The molecule has 0 spiro atoms. The highest BCUT2D eigenvalue weighted by Crippen LogP contribution is 2.28. The summed E-state index contributed by atoms with van der Waals surface area (Å²) < 4.78 is 0.446. The van der Waals surface area contributed by atoms with Gasteiger partial charge in [-0.05, 0) is 34.1 Å². The number of hydrogen-bond acceptors (Lipinski definition) is 2. The van der Waals surface area contributed by atoms with Crippen LogP contribution in [0.1, 0.15) is 5.56 Å². The predicted molar refractivity (Wildman–Crippen MR) is 48.8 cm³/mol. The first-order valence-electron chi connectivity index (χ1n) is 3.13. The molecular weight excluding hydrogens is 222 g/mol. The van der Waals surface area contributed by atoms with E-state index < -0.39 is 4.92 Å². The fourth-order valence-electron chi connectivity index (χ4n) is 0.844. The average molecular weight is 227 g/mol. The predicted octanol–water partition coefficient (Wildman–Crippen LogP) is 2.69. The topological polar surface area (TPSA) is 43.1 Å². The van der Waals surface area contributed by atoms with E-state index in [1.165, 1.54) is 0 Å². The van der Waals surface area contributed by atoms with Gasteiger partial charge in [-0.3, -0.25) is 10.1 Å². The number of nitro benzene ring substituents is 1. The van der Waals surface area contributed by atoms with Crippen LogP contribution < -0.4 is 0 Å². The molecule has 0 saturated carbocycles. The standard InChI is InChI=1S/C8H5BrNO2/c1-2-6-4-3-5-7(9)8(6)10(11)12/h3-5H,1H2. The van der Waals surface area contributed by atoms with E-state index in [9.17, 15) is 10.1 Å². The van der Waals surface area contributed by atoms with Crippen molar-refractivity contribution >= 4 is 21.6 Å². The third kappa shape index (κ3) is 1.53. The van der Waals surface area contributed by atoms with Gasteiger partial charge in [0.1, 0.15) is 0 Å². The van der Waals surface area contributed by atoms with Gasteiger partial charge in [-0.15, -0.1) is 0 Å². The fraction of sp³-hybridized carbons (Fsp3) is 0. The molecule has 1 aromatic rings. The summed E-state index contributed by atoms with van der Waals surface area (Å²) in [5.41, 5.74) is 0.405. The molecule has 0 atom stereocenters. The van der Waals surface area contributed by atoms with E-state index in [4.69, 9.17) is 0 Å². The third-order valence-corrected chi connectivity index (χ3v) is 2.00. The van der Waals surface area contributed by atoms with Crippen molar-refractivity contribution in [2.45, 2.75) is 0 Å². The highest BCUT2D eigenvalue weighted by Gasteiger charge is 2.15. The molecule has 0 fully saturated rings. The van der Waals surface area contributed by atoms with E-state index in [2.05, 4.69) is 28.6 Å². The maximum Gasteiger partial charge on any atom is 0.291 e. The van der Waals surface area contributed by atoms with Crippen LogP contribution in [0.5, 0.6) is 0 Å². The molecule has 3 nitrogen and oxygen atoms in total. The molecule has 0 aliphatic heterocycles. The lowest BCUT2D eigenvalue weighted by molar-refractivity contribution is -0.386. The van der Waals surface area contributed by atoms with Crippen molar-refractivity contribution in [3.63, 3.8) is 0 Å². The third-order valence-electron chi connectivity index (χ3n) is 1.36. The van der Waals surface area contributed by atoms with Gasteiger partial charge in [0.2, 0.25) is 0 Å². The Morgan fingerprint density at radius 1 is 1.58 bits per heavy atom. The zero-order valence-electron chi connectivity index (χ0n) is 6.08. The van der Waals surface area contributed by atoms with Gasteiger partial charge in [0.15, 0.2) is 0 Å². The Bertz CT molecular complexity index is 336. The minimum absolute atomic E-state index is 0.00694. The maximum atomic E-state index is 10.5. The van der Waals surface area contributed by atoms with Crippen LogP contribution in [-0.4, -0.2) is 4.92 Å². The Kier molecular flexibility index (Phi) is 2.60. The van der Waals surface area contributed by atoms with Gasteiger partial charge >= 0.3 is 0 Å². The minimum atomic E-state index is -0.461. The summed E-state index contributed by atoms with van der Waals surface area (Å²) in [7, 11) is 0. The van der Waals surface area contributed by atoms with E-state index >= 15 is 0 Å². The molecule has 0 N–H and O–H groups in total. The molecule has 1 rings (SSSR count). The summed E-state index contributed by atoms with van der Waals surface area (Å²) >= 11 is 3.08.